The van der Waals surface area contributed by atoms with E-state index >= 15 is 0 Å². The molecule has 2 aromatic rings. The van der Waals surface area contributed by atoms with Crippen LogP contribution in [0.5, 0.6) is 5.75 Å². The van der Waals surface area contributed by atoms with Gasteiger partial charge in [0.25, 0.3) is 5.91 Å². The third-order valence-corrected chi connectivity index (χ3v) is 6.32. The molecule has 4 rings (SSSR count). The van der Waals surface area contributed by atoms with Gasteiger partial charge in [0.1, 0.15) is 11.4 Å². The van der Waals surface area contributed by atoms with Crippen LogP contribution in [-0.2, 0) is 5.41 Å². The van der Waals surface area contributed by atoms with Crippen LogP contribution in [0.1, 0.15) is 60.6 Å². The van der Waals surface area contributed by atoms with Gasteiger partial charge in [-0.15, -0.1) is 12.4 Å². The number of benzene rings is 1. The second kappa shape index (κ2) is 9.63. The summed E-state index contributed by atoms with van der Waals surface area (Å²) in [6.45, 7) is 2.62. The van der Waals surface area contributed by atoms with Crippen LogP contribution < -0.4 is 15.4 Å². The van der Waals surface area contributed by atoms with Crippen molar-refractivity contribution in [3.8, 4) is 5.75 Å². The summed E-state index contributed by atoms with van der Waals surface area (Å²) in [6.07, 6.45) is 8.74. The van der Waals surface area contributed by atoms with E-state index in [1.807, 2.05) is 29.1 Å². The van der Waals surface area contributed by atoms with E-state index in [0.717, 1.165) is 44.5 Å². The van der Waals surface area contributed by atoms with Gasteiger partial charge in [-0.25, -0.2) is 0 Å². The number of carbonyl (C=O) groups excluding carboxylic acids is 1. The van der Waals surface area contributed by atoms with E-state index in [1.165, 1.54) is 18.4 Å². The lowest BCUT2D eigenvalue weighted by atomic mass is 9.78. The Morgan fingerprint density at radius 2 is 2.14 bits per heavy atom. The molecule has 0 radical (unpaired) electrons. The van der Waals surface area contributed by atoms with Gasteiger partial charge in [0.2, 0.25) is 0 Å². The summed E-state index contributed by atoms with van der Waals surface area (Å²) >= 11 is 0. The van der Waals surface area contributed by atoms with Gasteiger partial charge in [-0.1, -0.05) is 25.0 Å². The number of hydrogen-bond acceptors (Lipinski definition) is 4. The minimum absolute atomic E-state index is 0. The maximum absolute atomic E-state index is 12.8. The lowest BCUT2D eigenvalue weighted by molar-refractivity contribution is 0.0936. The van der Waals surface area contributed by atoms with Gasteiger partial charge >= 0.3 is 0 Å². The average molecular weight is 419 g/mol. The summed E-state index contributed by atoms with van der Waals surface area (Å²) in [4.78, 5) is 12.8. The molecule has 1 aromatic carbocycles. The van der Waals surface area contributed by atoms with Crippen molar-refractivity contribution in [2.75, 3.05) is 26.7 Å². The van der Waals surface area contributed by atoms with Gasteiger partial charge in [-0.2, -0.15) is 5.10 Å². The van der Waals surface area contributed by atoms with E-state index in [2.05, 4.69) is 27.9 Å². The number of methoxy groups -OCH3 is 1. The first kappa shape index (κ1) is 21.7. The molecule has 1 aromatic heterocycles. The summed E-state index contributed by atoms with van der Waals surface area (Å²) in [6, 6.07) is 10.4. The number of carbonyl (C=O) groups is 1. The molecule has 1 unspecified atom stereocenters. The Morgan fingerprint density at radius 3 is 2.86 bits per heavy atom. The molecule has 29 heavy (non-hydrogen) atoms. The van der Waals surface area contributed by atoms with Crippen molar-refractivity contribution < 1.29 is 9.53 Å². The Labute approximate surface area is 178 Å². The minimum Gasteiger partial charge on any atom is -0.497 e. The van der Waals surface area contributed by atoms with E-state index in [1.54, 1.807) is 7.11 Å². The second-order valence-electron chi connectivity index (χ2n) is 8.08. The number of halogens is 1. The standard InChI is InChI=1S/C22H30N4O2.ClH/c1-28-19-8-4-6-17(14-19)22(10-2-3-11-22)16-24-21(27)20-9-13-26(25-20)18-7-5-12-23-15-18;/h4,6,8-9,13-14,18,23H,2-3,5,7,10-12,15-16H2,1H3,(H,24,27);1H. The van der Waals surface area contributed by atoms with Gasteiger partial charge in [-0.05, 0) is 56.0 Å². The van der Waals surface area contributed by atoms with Crippen LogP contribution in [0.3, 0.4) is 0 Å². The first-order chi connectivity index (χ1) is 13.7. The topological polar surface area (TPSA) is 68.2 Å². The second-order valence-corrected chi connectivity index (χ2v) is 8.08. The van der Waals surface area contributed by atoms with Crippen molar-refractivity contribution in [3.05, 3.63) is 47.8 Å². The molecule has 2 heterocycles. The molecule has 1 atom stereocenters. The summed E-state index contributed by atoms with van der Waals surface area (Å²) < 4.78 is 7.35. The molecule has 2 fully saturated rings. The van der Waals surface area contributed by atoms with Crippen LogP contribution in [0.25, 0.3) is 0 Å². The molecule has 1 saturated carbocycles. The van der Waals surface area contributed by atoms with E-state index in [-0.39, 0.29) is 23.7 Å². The fraction of sp³-hybridized carbons (Fsp3) is 0.545. The van der Waals surface area contributed by atoms with Crippen molar-refractivity contribution in [1.29, 1.82) is 0 Å². The Kier molecular flexibility index (Phi) is 7.19. The molecular formula is C22H31ClN4O2. The molecule has 0 spiro atoms. The normalized spacial score (nSPS) is 20.7. The zero-order valence-corrected chi connectivity index (χ0v) is 17.8. The van der Waals surface area contributed by atoms with E-state index in [4.69, 9.17) is 4.74 Å². The zero-order chi connectivity index (χ0) is 19.4. The largest absolute Gasteiger partial charge is 0.497 e. The third kappa shape index (κ3) is 4.75. The molecule has 2 N–H and O–H groups in total. The summed E-state index contributed by atoms with van der Waals surface area (Å²) in [5.41, 5.74) is 1.74. The summed E-state index contributed by atoms with van der Waals surface area (Å²) in [5, 5.41) is 11.1. The smallest absolute Gasteiger partial charge is 0.271 e. The zero-order valence-electron chi connectivity index (χ0n) is 17.0. The number of aromatic nitrogens is 2. The highest BCUT2D eigenvalue weighted by Gasteiger charge is 2.36. The van der Waals surface area contributed by atoms with Crippen molar-refractivity contribution in [3.63, 3.8) is 0 Å². The molecule has 6 nitrogen and oxygen atoms in total. The summed E-state index contributed by atoms with van der Waals surface area (Å²) in [7, 11) is 1.69. The monoisotopic (exact) mass is 418 g/mol. The Morgan fingerprint density at radius 1 is 1.31 bits per heavy atom. The van der Waals surface area contributed by atoms with Gasteiger partial charge < -0.3 is 15.4 Å². The van der Waals surface area contributed by atoms with E-state index < -0.39 is 0 Å². The minimum atomic E-state index is -0.0864. The Bertz CT molecular complexity index is 811. The number of rotatable bonds is 6. The highest BCUT2D eigenvalue weighted by Crippen LogP contribution is 2.41. The molecule has 1 aliphatic carbocycles. The van der Waals surface area contributed by atoms with Gasteiger partial charge in [0, 0.05) is 24.7 Å². The molecule has 1 saturated heterocycles. The predicted octanol–water partition coefficient (Wildman–Crippen LogP) is 3.48. The molecule has 1 aliphatic heterocycles. The van der Waals surface area contributed by atoms with Crippen LogP contribution in [0.4, 0.5) is 0 Å². The fourth-order valence-electron chi connectivity index (χ4n) is 4.63. The van der Waals surface area contributed by atoms with E-state index in [0.29, 0.717) is 18.3 Å². The number of hydrogen-bond donors (Lipinski definition) is 2. The van der Waals surface area contributed by atoms with Crippen molar-refractivity contribution in [1.82, 2.24) is 20.4 Å². The Balaban J connectivity index is 0.00000240. The molecular weight excluding hydrogens is 388 g/mol. The number of amides is 1. The first-order valence-electron chi connectivity index (χ1n) is 10.4. The predicted molar refractivity (Wildman–Crippen MR) is 116 cm³/mol. The van der Waals surface area contributed by atoms with Crippen molar-refractivity contribution >= 4 is 18.3 Å². The lowest BCUT2D eigenvalue weighted by Crippen LogP contribution is -2.39. The summed E-state index contributed by atoms with van der Waals surface area (Å²) in [5.74, 6) is 0.784. The van der Waals surface area contributed by atoms with Crippen LogP contribution in [0, 0.1) is 0 Å². The molecule has 0 bridgehead atoms. The van der Waals surface area contributed by atoms with Crippen LogP contribution in [0.2, 0.25) is 0 Å². The van der Waals surface area contributed by atoms with Gasteiger partial charge in [0.05, 0.1) is 13.2 Å². The highest BCUT2D eigenvalue weighted by molar-refractivity contribution is 5.92. The van der Waals surface area contributed by atoms with Crippen LogP contribution in [-0.4, -0.2) is 42.4 Å². The molecule has 7 heteroatoms. The highest BCUT2D eigenvalue weighted by atomic mass is 35.5. The van der Waals surface area contributed by atoms with Gasteiger partial charge in [-0.3, -0.25) is 9.48 Å². The third-order valence-electron chi connectivity index (χ3n) is 6.32. The number of nitrogens with zero attached hydrogens (tertiary/aromatic N) is 2. The SMILES string of the molecule is COc1cccc(C2(CNC(=O)c3ccn(C4CCCNC4)n3)CCCC2)c1.Cl. The first-order valence-corrected chi connectivity index (χ1v) is 10.4. The fourth-order valence-corrected chi connectivity index (χ4v) is 4.63. The maximum atomic E-state index is 12.8. The molecule has 158 valence electrons. The van der Waals surface area contributed by atoms with Crippen molar-refractivity contribution in [2.24, 2.45) is 0 Å². The number of ether oxygens (including phenoxy) is 1. The molecule has 1 amide bonds. The Hall–Kier alpha value is -2.05. The van der Waals surface area contributed by atoms with Crippen LogP contribution >= 0.6 is 12.4 Å². The van der Waals surface area contributed by atoms with E-state index in [9.17, 15) is 4.79 Å². The average Bonchev–Trinajstić information content (AvgIpc) is 3.43. The number of piperidine rings is 1. The van der Waals surface area contributed by atoms with Gasteiger partial charge in [0.15, 0.2) is 0 Å². The maximum Gasteiger partial charge on any atom is 0.271 e. The lowest BCUT2D eigenvalue weighted by Gasteiger charge is -2.30. The quantitative estimate of drug-likeness (QED) is 0.753. The van der Waals surface area contributed by atoms with Crippen molar-refractivity contribution in [2.45, 2.75) is 50.0 Å². The number of nitrogens with one attached hydrogen (secondary N) is 2. The van der Waals surface area contributed by atoms with Crippen LogP contribution in [0.15, 0.2) is 36.5 Å². The molecule has 2 aliphatic rings.